The van der Waals surface area contributed by atoms with Crippen LogP contribution in [0.2, 0.25) is 0 Å². The third-order valence-electron chi connectivity index (χ3n) is 2.98. The van der Waals surface area contributed by atoms with Crippen molar-refractivity contribution in [2.45, 2.75) is 13.8 Å². The number of hydrogen-bond acceptors (Lipinski definition) is 2. The zero-order valence-corrected chi connectivity index (χ0v) is 14.2. The molecule has 0 fully saturated rings. The molecule has 0 spiro atoms. The minimum atomic E-state index is -0.192. The number of rotatable bonds is 4. The molecule has 2 aromatic carbocycles. The molecule has 0 unspecified atom stereocenters. The monoisotopic (exact) mass is 392 g/mol. The number of hydrazone groups is 1. The van der Waals surface area contributed by atoms with E-state index in [0.717, 1.165) is 14.8 Å². The van der Waals surface area contributed by atoms with Gasteiger partial charge in [-0.25, -0.2) is 5.43 Å². The average Bonchev–Trinajstić information content (AvgIpc) is 2.48. The van der Waals surface area contributed by atoms with Crippen LogP contribution in [-0.4, -0.2) is 11.6 Å². The summed E-state index contributed by atoms with van der Waals surface area (Å²) in [7, 11) is 0. The van der Waals surface area contributed by atoms with Crippen LogP contribution in [0.1, 0.15) is 29.8 Å². The van der Waals surface area contributed by atoms with Crippen LogP contribution >= 0.6 is 22.6 Å². The molecule has 4 heteroatoms. The van der Waals surface area contributed by atoms with Crippen LogP contribution in [0.25, 0.3) is 0 Å². The van der Waals surface area contributed by atoms with Crippen molar-refractivity contribution in [2.75, 3.05) is 0 Å². The number of hydrogen-bond donors (Lipinski definition) is 1. The Bertz CT molecular complexity index is 651. The second-order valence-electron chi connectivity index (χ2n) is 4.97. The van der Waals surface area contributed by atoms with Crippen LogP contribution in [0.5, 0.6) is 0 Å². The standard InChI is InChI=1S/C17H17IN2O/c1-12(2)16(13-7-4-3-5-8-13)19-20-17(21)14-9-6-10-15(18)11-14/h3-12H,1-2H3,(H,20,21)/b19-16-. The fraction of sp³-hybridized carbons (Fsp3) is 0.176. The molecule has 1 amide bonds. The second-order valence-corrected chi connectivity index (χ2v) is 6.21. The van der Waals surface area contributed by atoms with E-state index in [4.69, 9.17) is 0 Å². The van der Waals surface area contributed by atoms with Gasteiger partial charge in [-0.2, -0.15) is 5.10 Å². The summed E-state index contributed by atoms with van der Waals surface area (Å²) in [6, 6.07) is 17.3. The van der Waals surface area contributed by atoms with Crippen molar-refractivity contribution in [3.8, 4) is 0 Å². The molecular formula is C17H17IN2O. The Morgan fingerprint density at radius 3 is 2.33 bits per heavy atom. The van der Waals surface area contributed by atoms with Crippen molar-refractivity contribution in [3.63, 3.8) is 0 Å². The van der Waals surface area contributed by atoms with Gasteiger partial charge in [0, 0.05) is 9.13 Å². The minimum Gasteiger partial charge on any atom is -0.267 e. The maximum atomic E-state index is 12.1. The molecule has 3 nitrogen and oxygen atoms in total. The maximum absolute atomic E-state index is 12.1. The lowest BCUT2D eigenvalue weighted by Crippen LogP contribution is -2.22. The number of nitrogens with zero attached hydrogens (tertiary/aromatic N) is 1. The van der Waals surface area contributed by atoms with Gasteiger partial charge in [-0.05, 0) is 52.3 Å². The number of nitrogens with one attached hydrogen (secondary N) is 1. The highest BCUT2D eigenvalue weighted by atomic mass is 127. The molecule has 0 radical (unpaired) electrons. The highest BCUT2D eigenvalue weighted by molar-refractivity contribution is 14.1. The van der Waals surface area contributed by atoms with E-state index in [0.29, 0.717) is 5.56 Å². The first kappa shape index (κ1) is 15.7. The molecule has 0 aromatic heterocycles. The number of benzene rings is 2. The van der Waals surface area contributed by atoms with Crippen LogP contribution in [0.3, 0.4) is 0 Å². The Morgan fingerprint density at radius 1 is 1.05 bits per heavy atom. The molecular weight excluding hydrogens is 375 g/mol. The zero-order chi connectivity index (χ0) is 15.2. The molecule has 108 valence electrons. The van der Waals surface area contributed by atoms with Crippen LogP contribution in [0.4, 0.5) is 0 Å². The van der Waals surface area contributed by atoms with Crippen LogP contribution < -0.4 is 5.43 Å². The van der Waals surface area contributed by atoms with Crippen LogP contribution in [-0.2, 0) is 0 Å². The number of carbonyl (C=O) groups excluding carboxylic acids is 1. The predicted molar refractivity (Wildman–Crippen MR) is 94.4 cm³/mol. The van der Waals surface area contributed by atoms with E-state index in [1.165, 1.54) is 0 Å². The fourth-order valence-electron chi connectivity index (χ4n) is 1.94. The van der Waals surface area contributed by atoms with Gasteiger partial charge in [0.05, 0.1) is 5.71 Å². The summed E-state index contributed by atoms with van der Waals surface area (Å²) in [4.78, 5) is 12.1. The molecule has 0 saturated heterocycles. The molecule has 21 heavy (non-hydrogen) atoms. The SMILES string of the molecule is CC(C)/C(=N/NC(=O)c1cccc(I)c1)c1ccccc1. The first-order valence-corrected chi connectivity index (χ1v) is 7.84. The van der Waals surface area contributed by atoms with Crippen LogP contribution in [0, 0.1) is 9.49 Å². The van der Waals surface area contributed by atoms with E-state index in [9.17, 15) is 4.79 Å². The van der Waals surface area contributed by atoms with E-state index < -0.39 is 0 Å². The second kappa shape index (κ2) is 7.36. The van der Waals surface area contributed by atoms with Gasteiger partial charge in [0.25, 0.3) is 5.91 Å². The molecule has 0 heterocycles. The van der Waals surface area contributed by atoms with Gasteiger partial charge in [-0.1, -0.05) is 50.2 Å². The zero-order valence-electron chi connectivity index (χ0n) is 12.0. The number of amides is 1. The summed E-state index contributed by atoms with van der Waals surface area (Å²) >= 11 is 2.18. The Hall–Kier alpha value is -1.69. The molecule has 0 aliphatic carbocycles. The highest BCUT2D eigenvalue weighted by Crippen LogP contribution is 2.10. The van der Waals surface area contributed by atoms with Gasteiger partial charge in [-0.3, -0.25) is 4.79 Å². The van der Waals surface area contributed by atoms with Gasteiger partial charge in [0.2, 0.25) is 0 Å². The average molecular weight is 392 g/mol. The van der Waals surface area contributed by atoms with Gasteiger partial charge >= 0.3 is 0 Å². The van der Waals surface area contributed by atoms with Gasteiger partial charge in [0.15, 0.2) is 0 Å². The van der Waals surface area contributed by atoms with Crippen LogP contribution in [0.15, 0.2) is 59.7 Å². The molecule has 0 saturated carbocycles. The first-order chi connectivity index (χ1) is 10.1. The number of halogens is 1. The minimum absolute atomic E-state index is 0.192. The maximum Gasteiger partial charge on any atom is 0.271 e. The third kappa shape index (κ3) is 4.39. The molecule has 0 aliphatic rings. The molecule has 1 N–H and O–H groups in total. The molecule has 0 atom stereocenters. The van der Waals surface area contributed by atoms with E-state index in [2.05, 4.69) is 47.0 Å². The molecule has 2 rings (SSSR count). The quantitative estimate of drug-likeness (QED) is 0.476. The summed E-state index contributed by atoms with van der Waals surface area (Å²) in [6.07, 6.45) is 0. The first-order valence-electron chi connectivity index (χ1n) is 6.77. The molecule has 0 bridgehead atoms. The lowest BCUT2D eigenvalue weighted by atomic mass is 10.0. The molecule has 0 aliphatic heterocycles. The van der Waals surface area contributed by atoms with Crippen molar-refractivity contribution in [1.29, 1.82) is 0 Å². The Balaban J connectivity index is 2.19. The summed E-state index contributed by atoms with van der Waals surface area (Å²) in [5, 5.41) is 4.31. The van der Waals surface area contributed by atoms with Gasteiger partial charge in [-0.15, -0.1) is 0 Å². The van der Waals surface area contributed by atoms with Crippen molar-refractivity contribution in [1.82, 2.24) is 5.43 Å². The predicted octanol–water partition coefficient (Wildman–Crippen LogP) is 4.08. The Morgan fingerprint density at radius 2 is 1.71 bits per heavy atom. The van der Waals surface area contributed by atoms with E-state index in [-0.39, 0.29) is 11.8 Å². The Kier molecular flexibility index (Phi) is 5.50. The summed E-state index contributed by atoms with van der Waals surface area (Å²) in [6.45, 7) is 4.12. The Labute approximate surface area is 138 Å². The smallest absolute Gasteiger partial charge is 0.267 e. The largest absolute Gasteiger partial charge is 0.271 e. The molecule has 2 aromatic rings. The van der Waals surface area contributed by atoms with Gasteiger partial charge in [0.1, 0.15) is 0 Å². The van der Waals surface area contributed by atoms with Gasteiger partial charge < -0.3 is 0 Å². The normalized spacial score (nSPS) is 11.5. The number of carbonyl (C=O) groups is 1. The summed E-state index contributed by atoms with van der Waals surface area (Å²) < 4.78 is 1.02. The van der Waals surface area contributed by atoms with E-state index in [1.54, 1.807) is 6.07 Å². The summed E-state index contributed by atoms with van der Waals surface area (Å²) in [5.74, 6) is 0.0335. The van der Waals surface area contributed by atoms with Crippen molar-refractivity contribution >= 4 is 34.2 Å². The lowest BCUT2D eigenvalue weighted by molar-refractivity contribution is 0.0954. The van der Waals surface area contributed by atoms with E-state index >= 15 is 0 Å². The highest BCUT2D eigenvalue weighted by Gasteiger charge is 2.10. The lowest BCUT2D eigenvalue weighted by Gasteiger charge is -2.10. The van der Waals surface area contributed by atoms with Crippen molar-refractivity contribution < 1.29 is 4.79 Å². The van der Waals surface area contributed by atoms with Crippen molar-refractivity contribution in [2.24, 2.45) is 11.0 Å². The fourth-order valence-corrected chi connectivity index (χ4v) is 2.48. The summed E-state index contributed by atoms with van der Waals surface area (Å²) in [5.41, 5.74) is 5.16. The third-order valence-corrected chi connectivity index (χ3v) is 3.65. The topological polar surface area (TPSA) is 41.5 Å². The van der Waals surface area contributed by atoms with E-state index in [1.807, 2.05) is 48.5 Å². The van der Waals surface area contributed by atoms with Crippen molar-refractivity contribution in [3.05, 3.63) is 69.3 Å².